The molecular weight excluding hydrogens is 619 g/mol. The summed E-state index contributed by atoms with van der Waals surface area (Å²) >= 11 is 0. The first-order valence-electron chi connectivity index (χ1n) is 19.1. The Morgan fingerprint density at radius 3 is 1.16 bits per heavy atom. The quantitative estimate of drug-likeness (QED) is 0.162. The van der Waals surface area contributed by atoms with E-state index < -0.39 is 0 Å². The van der Waals surface area contributed by atoms with Crippen molar-refractivity contribution >= 4 is 17.1 Å². The molecule has 8 aliphatic rings. The molecule has 0 aliphatic heterocycles. The second kappa shape index (κ2) is 11.3. The summed E-state index contributed by atoms with van der Waals surface area (Å²) in [6, 6.07) is 25.8. The number of hydrogen-bond acceptors (Lipinski definition) is 6. The molecule has 4 aromatic rings. The van der Waals surface area contributed by atoms with E-state index in [1.54, 1.807) is 0 Å². The van der Waals surface area contributed by atoms with Gasteiger partial charge in [0.1, 0.15) is 23.0 Å². The van der Waals surface area contributed by atoms with Crippen LogP contribution in [0.4, 0.5) is 17.1 Å². The molecule has 0 unspecified atom stereocenters. The molecule has 258 valence electrons. The smallest absolute Gasteiger partial charge is 0.177 e. The monoisotopic (exact) mass is 667 g/mol. The second-order valence-corrected chi connectivity index (χ2v) is 17.4. The van der Waals surface area contributed by atoms with Crippen LogP contribution in [0.5, 0.6) is 34.5 Å². The van der Waals surface area contributed by atoms with E-state index in [2.05, 4.69) is 6.07 Å². The van der Waals surface area contributed by atoms with Gasteiger partial charge in [0.15, 0.2) is 11.5 Å². The van der Waals surface area contributed by atoms with E-state index in [-0.39, 0.29) is 10.8 Å². The van der Waals surface area contributed by atoms with Gasteiger partial charge in [-0.05, 0) is 197 Å². The van der Waals surface area contributed by atoms with Gasteiger partial charge in [0.05, 0.1) is 0 Å². The Morgan fingerprint density at radius 1 is 0.420 bits per heavy atom. The van der Waals surface area contributed by atoms with E-state index >= 15 is 0 Å². The first-order valence-corrected chi connectivity index (χ1v) is 19.1. The summed E-state index contributed by atoms with van der Waals surface area (Å²) in [4.78, 5) is 0. The number of hydrogen-bond donors (Lipinski definition) is 3. The molecule has 0 spiro atoms. The maximum absolute atomic E-state index is 7.37. The van der Waals surface area contributed by atoms with Crippen LogP contribution in [-0.4, -0.2) is 0 Å². The molecule has 0 atom stereocenters. The molecule has 4 aromatic carbocycles. The first-order chi connectivity index (χ1) is 24.3. The Bertz CT molecular complexity index is 1850. The molecule has 6 N–H and O–H groups in total. The van der Waals surface area contributed by atoms with Crippen LogP contribution in [0, 0.1) is 35.5 Å². The van der Waals surface area contributed by atoms with Crippen molar-refractivity contribution in [3.63, 3.8) is 0 Å². The minimum Gasteiger partial charge on any atom is -0.457 e. The highest BCUT2D eigenvalue weighted by molar-refractivity contribution is 5.67. The second-order valence-electron chi connectivity index (χ2n) is 17.4. The molecule has 8 aliphatic carbocycles. The van der Waals surface area contributed by atoms with E-state index in [4.69, 9.17) is 31.4 Å². The Kier molecular flexibility index (Phi) is 6.92. The van der Waals surface area contributed by atoms with Crippen molar-refractivity contribution in [2.24, 2.45) is 35.5 Å². The number of nitrogen functional groups attached to an aromatic ring is 3. The van der Waals surface area contributed by atoms with Gasteiger partial charge in [0.25, 0.3) is 0 Å². The summed E-state index contributed by atoms with van der Waals surface area (Å²) in [7, 11) is 0. The minimum absolute atomic E-state index is 0.0495. The first kappa shape index (κ1) is 30.5. The molecule has 0 radical (unpaired) electrons. The molecule has 6 nitrogen and oxygen atoms in total. The minimum atomic E-state index is -0.0570. The lowest BCUT2D eigenvalue weighted by Gasteiger charge is -2.59. The molecule has 12 rings (SSSR count). The van der Waals surface area contributed by atoms with Gasteiger partial charge in [-0.25, -0.2) is 0 Å². The van der Waals surface area contributed by atoms with Crippen molar-refractivity contribution in [1.29, 1.82) is 0 Å². The molecule has 6 heteroatoms. The fourth-order valence-electron chi connectivity index (χ4n) is 12.6. The number of nitrogens with two attached hydrogens (primary N) is 3. The number of anilines is 3. The average Bonchev–Trinajstić information content (AvgIpc) is 3.07. The predicted molar refractivity (Wildman–Crippen MR) is 199 cm³/mol. The summed E-state index contributed by atoms with van der Waals surface area (Å²) < 4.78 is 21.5. The maximum Gasteiger partial charge on any atom is 0.177 e. The maximum atomic E-state index is 7.37. The molecule has 8 fully saturated rings. The van der Waals surface area contributed by atoms with E-state index in [0.717, 1.165) is 75.7 Å². The van der Waals surface area contributed by atoms with Crippen molar-refractivity contribution in [3.8, 4) is 34.5 Å². The Labute approximate surface area is 295 Å². The van der Waals surface area contributed by atoms with Gasteiger partial charge < -0.3 is 31.4 Å². The summed E-state index contributed by atoms with van der Waals surface area (Å²) in [5.41, 5.74) is 23.2. The SMILES string of the molecule is Nc1ccc(Oc2cc(C34CC5CC(CC(C5)C3)C4)c(Oc3ccc(N)cc3)c(C34CC5CC(CC(C5)C3)C4)c2Oc2ccc(N)cc2)cc1. The number of ether oxygens (including phenoxy) is 3. The molecule has 0 amide bonds. The lowest BCUT2D eigenvalue weighted by Crippen LogP contribution is -2.50. The van der Waals surface area contributed by atoms with E-state index in [1.165, 1.54) is 88.2 Å². The van der Waals surface area contributed by atoms with Crippen LogP contribution in [0.1, 0.15) is 88.2 Å². The van der Waals surface area contributed by atoms with Crippen molar-refractivity contribution in [2.75, 3.05) is 17.2 Å². The molecule has 0 heterocycles. The van der Waals surface area contributed by atoms with Crippen molar-refractivity contribution in [3.05, 3.63) is 90.0 Å². The van der Waals surface area contributed by atoms with Crippen LogP contribution >= 0.6 is 0 Å². The van der Waals surface area contributed by atoms with Crippen LogP contribution in [0.25, 0.3) is 0 Å². The zero-order valence-corrected chi connectivity index (χ0v) is 28.9. The standard InChI is InChI=1S/C44H49N3O3/c45-32-1-7-35(8-2-32)48-39-19-38(43-20-26-13-27(21-43)15-28(14-26)22-43)41(49-36-9-3-33(46)4-10-36)40(42(39)50-37-11-5-34(47)6-12-37)44-23-29-16-30(24-44)18-31(17-29)25-44/h1-12,19,26-31H,13-18,20-25,45-47H2. The summed E-state index contributed by atoms with van der Waals surface area (Å²) in [6.45, 7) is 0. The van der Waals surface area contributed by atoms with Gasteiger partial charge in [0, 0.05) is 33.6 Å². The van der Waals surface area contributed by atoms with Gasteiger partial charge in [-0.3, -0.25) is 0 Å². The molecule has 0 saturated heterocycles. The Morgan fingerprint density at radius 2 is 0.760 bits per heavy atom. The third kappa shape index (κ3) is 5.20. The normalized spacial score (nSPS) is 33.0. The summed E-state index contributed by atoms with van der Waals surface area (Å²) in [5, 5.41) is 0. The third-order valence-corrected chi connectivity index (χ3v) is 13.7. The average molecular weight is 668 g/mol. The van der Waals surface area contributed by atoms with Crippen molar-refractivity contribution < 1.29 is 14.2 Å². The molecule has 0 aromatic heterocycles. The summed E-state index contributed by atoms with van der Waals surface area (Å²) in [6.07, 6.45) is 15.3. The zero-order valence-electron chi connectivity index (χ0n) is 28.9. The van der Waals surface area contributed by atoms with Crippen LogP contribution < -0.4 is 31.4 Å². The Balaban J connectivity index is 1.25. The largest absolute Gasteiger partial charge is 0.457 e. The van der Waals surface area contributed by atoms with Crippen molar-refractivity contribution in [2.45, 2.75) is 87.9 Å². The molecule has 50 heavy (non-hydrogen) atoms. The van der Waals surface area contributed by atoms with Crippen LogP contribution in [0.3, 0.4) is 0 Å². The predicted octanol–water partition coefficient (Wildman–Crippen LogP) is 10.7. The van der Waals surface area contributed by atoms with E-state index in [1.807, 2.05) is 72.8 Å². The highest BCUT2D eigenvalue weighted by Gasteiger charge is 2.57. The molecule has 8 saturated carbocycles. The van der Waals surface area contributed by atoms with E-state index in [9.17, 15) is 0 Å². The molecular formula is C44H49N3O3. The fourth-order valence-corrected chi connectivity index (χ4v) is 12.6. The van der Waals surface area contributed by atoms with Crippen molar-refractivity contribution in [1.82, 2.24) is 0 Å². The highest BCUT2D eigenvalue weighted by atomic mass is 16.5. The van der Waals surface area contributed by atoms with Crippen LogP contribution in [0.15, 0.2) is 78.9 Å². The lowest BCUT2D eigenvalue weighted by atomic mass is 9.46. The van der Waals surface area contributed by atoms with Gasteiger partial charge >= 0.3 is 0 Å². The van der Waals surface area contributed by atoms with Crippen LogP contribution in [-0.2, 0) is 10.8 Å². The van der Waals surface area contributed by atoms with Gasteiger partial charge in [0.2, 0.25) is 0 Å². The summed E-state index contributed by atoms with van der Waals surface area (Å²) in [5.74, 6) is 9.44. The number of benzene rings is 4. The van der Waals surface area contributed by atoms with Gasteiger partial charge in [-0.1, -0.05) is 0 Å². The van der Waals surface area contributed by atoms with Crippen LogP contribution in [0.2, 0.25) is 0 Å². The third-order valence-electron chi connectivity index (χ3n) is 13.7. The number of rotatable bonds is 8. The highest BCUT2D eigenvalue weighted by Crippen LogP contribution is 2.68. The topological polar surface area (TPSA) is 106 Å². The Hall–Kier alpha value is -4.32. The zero-order chi connectivity index (χ0) is 33.6. The van der Waals surface area contributed by atoms with E-state index in [0.29, 0.717) is 11.4 Å². The lowest BCUT2D eigenvalue weighted by molar-refractivity contribution is -0.0107. The van der Waals surface area contributed by atoms with Gasteiger partial charge in [-0.15, -0.1) is 0 Å². The molecule has 8 bridgehead atoms. The fraction of sp³-hybridized carbons (Fsp3) is 0.455. The van der Waals surface area contributed by atoms with Gasteiger partial charge in [-0.2, -0.15) is 0 Å².